The topological polar surface area (TPSA) is 114 Å². The second-order valence-electron chi connectivity index (χ2n) is 9.86. The number of alkyl halides is 1. The summed E-state index contributed by atoms with van der Waals surface area (Å²) in [7, 11) is 7.10. The summed E-state index contributed by atoms with van der Waals surface area (Å²) in [5.41, 5.74) is 1.97. The van der Waals surface area contributed by atoms with E-state index in [2.05, 4.69) is 20.3 Å². The van der Waals surface area contributed by atoms with Gasteiger partial charge in [-0.05, 0) is 46.1 Å². The summed E-state index contributed by atoms with van der Waals surface area (Å²) in [5, 5.41) is 14.9. The normalized spacial score (nSPS) is 11.4. The number of anilines is 3. The van der Waals surface area contributed by atoms with Crippen molar-refractivity contribution in [3.8, 4) is 17.0 Å². The lowest BCUT2D eigenvalue weighted by Gasteiger charge is -2.22. The minimum Gasteiger partial charge on any atom is -0.494 e. The van der Waals surface area contributed by atoms with Crippen molar-refractivity contribution < 1.29 is 18.4 Å². The van der Waals surface area contributed by atoms with Crippen molar-refractivity contribution in [2.24, 2.45) is 0 Å². The van der Waals surface area contributed by atoms with Crippen LogP contribution in [0.3, 0.4) is 0 Å². The van der Waals surface area contributed by atoms with E-state index in [1.54, 1.807) is 34.7 Å². The number of nitrogens with one attached hydrogen (secondary N) is 1. The number of hydrogen-bond donors (Lipinski definition) is 1. The van der Waals surface area contributed by atoms with E-state index < -0.39 is 17.4 Å². The number of rotatable bonds is 11. The minimum atomic E-state index is -0.818. The van der Waals surface area contributed by atoms with Gasteiger partial charge >= 0.3 is 0 Å². The summed E-state index contributed by atoms with van der Waals surface area (Å²) in [6, 6.07) is 7.44. The first-order valence-electron chi connectivity index (χ1n) is 12.6. The van der Waals surface area contributed by atoms with E-state index in [-0.39, 0.29) is 29.0 Å². The number of nitro benzene ring substituents is 1. The lowest BCUT2D eigenvalue weighted by atomic mass is 10.1. The summed E-state index contributed by atoms with van der Waals surface area (Å²) in [6.07, 6.45) is 1.49. The predicted octanol–water partition coefficient (Wildman–Crippen LogP) is 5.34. The summed E-state index contributed by atoms with van der Waals surface area (Å²) in [5.74, 6) is 0.0380. The maximum Gasteiger partial charge on any atom is 0.294 e. The fourth-order valence-electron chi connectivity index (χ4n) is 4.47. The first-order chi connectivity index (χ1) is 19.0. The number of nitro groups is 1. The predicted molar refractivity (Wildman–Crippen MR) is 151 cm³/mol. The molecule has 0 atom stereocenters. The van der Waals surface area contributed by atoms with Gasteiger partial charge in [0.05, 0.1) is 28.9 Å². The number of nitrogens with zero attached hydrogens (tertiary/aromatic N) is 7. The molecule has 0 amide bonds. The van der Waals surface area contributed by atoms with Crippen LogP contribution in [-0.4, -0.2) is 70.7 Å². The van der Waals surface area contributed by atoms with Crippen LogP contribution < -0.4 is 15.0 Å². The van der Waals surface area contributed by atoms with E-state index >= 15 is 4.39 Å². The number of ether oxygens (including phenoxy) is 1. The van der Waals surface area contributed by atoms with Gasteiger partial charge in [-0.25, -0.2) is 23.7 Å². The molecular weight excluding hydrogens is 522 g/mol. The largest absolute Gasteiger partial charge is 0.494 e. The van der Waals surface area contributed by atoms with E-state index in [4.69, 9.17) is 4.74 Å². The summed E-state index contributed by atoms with van der Waals surface area (Å²) >= 11 is 0. The molecule has 0 aliphatic carbocycles. The van der Waals surface area contributed by atoms with Gasteiger partial charge in [0.15, 0.2) is 5.82 Å². The SMILES string of the molecule is COc1cc(N(C)CCN(C)C)c([N+](=O)[O-])cc1Nc1nccc(-c2cc(F)c3nc(CF)n(C(C)C)c3c2)n1. The van der Waals surface area contributed by atoms with Crippen LogP contribution in [0.4, 0.5) is 31.8 Å². The van der Waals surface area contributed by atoms with Gasteiger partial charge in [-0.1, -0.05) is 0 Å². The number of fused-ring (bicyclic) bond motifs is 1. The number of benzene rings is 2. The number of aromatic nitrogens is 4. The van der Waals surface area contributed by atoms with Gasteiger partial charge in [-0.2, -0.15) is 0 Å². The molecule has 212 valence electrons. The average molecular weight is 555 g/mol. The van der Waals surface area contributed by atoms with Crippen molar-refractivity contribution in [1.82, 2.24) is 24.4 Å². The minimum absolute atomic E-state index is 0.0881. The summed E-state index contributed by atoms with van der Waals surface area (Å²) in [6.45, 7) is 4.20. The van der Waals surface area contributed by atoms with Crippen LogP contribution in [-0.2, 0) is 6.67 Å². The molecule has 0 fully saturated rings. The van der Waals surface area contributed by atoms with Crippen LogP contribution in [0.15, 0.2) is 36.5 Å². The Bertz CT molecular complexity index is 1540. The number of halogens is 2. The molecule has 40 heavy (non-hydrogen) atoms. The van der Waals surface area contributed by atoms with Crippen molar-refractivity contribution in [2.75, 3.05) is 51.6 Å². The highest BCUT2D eigenvalue weighted by molar-refractivity contribution is 5.83. The van der Waals surface area contributed by atoms with E-state index in [9.17, 15) is 14.5 Å². The van der Waals surface area contributed by atoms with E-state index in [0.29, 0.717) is 47.0 Å². The van der Waals surface area contributed by atoms with Crippen LogP contribution in [0, 0.1) is 15.9 Å². The number of likely N-dealkylation sites (N-methyl/N-ethyl adjacent to an activating group) is 2. The van der Waals surface area contributed by atoms with Gasteiger partial charge in [0, 0.05) is 50.1 Å². The molecule has 2 aromatic carbocycles. The van der Waals surface area contributed by atoms with Gasteiger partial charge < -0.3 is 24.4 Å². The average Bonchev–Trinajstić information content (AvgIpc) is 3.31. The Hall–Kier alpha value is -4.39. The Morgan fingerprint density at radius 2 is 1.90 bits per heavy atom. The zero-order valence-electron chi connectivity index (χ0n) is 23.3. The zero-order valence-corrected chi connectivity index (χ0v) is 23.3. The van der Waals surface area contributed by atoms with Crippen LogP contribution in [0.25, 0.3) is 22.3 Å². The molecule has 2 heterocycles. The summed E-state index contributed by atoms with van der Waals surface area (Å²) < 4.78 is 35.8. The lowest BCUT2D eigenvalue weighted by molar-refractivity contribution is -0.384. The molecule has 4 rings (SSSR count). The second kappa shape index (κ2) is 11.8. The van der Waals surface area contributed by atoms with Crippen molar-refractivity contribution in [3.05, 3.63) is 58.3 Å². The molecule has 0 aliphatic heterocycles. The van der Waals surface area contributed by atoms with Gasteiger partial charge in [-0.15, -0.1) is 0 Å². The molecule has 0 radical (unpaired) electrons. The Labute approximate surface area is 230 Å². The molecule has 1 N–H and O–H groups in total. The Morgan fingerprint density at radius 1 is 1.15 bits per heavy atom. The molecule has 0 saturated carbocycles. The fourth-order valence-corrected chi connectivity index (χ4v) is 4.47. The van der Waals surface area contributed by atoms with Gasteiger partial charge in [0.1, 0.15) is 29.5 Å². The third-order valence-electron chi connectivity index (χ3n) is 6.44. The van der Waals surface area contributed by atoms with Crippen LogP contribution >= 0.6 is 0 Å². The van der Waals surface area contributed by atoms with Crippen LogP contribution in [0.1, 0.15) is 25.7 Å². The number of hydrogen-bond acceptors (Lipinski definition) is 9. The fraction of sp³-hybridized carbons (Fsp3) is 0.370. The number of imidazole rings is 1. The van der Waals surface area contributed by atoms with Gasteiger partial charge in [-0.3, -0.25) is 10.1 Å². The first kappa shape index (κ1) is 28.6. The molecule has 13 heteroatoms. The third-order valence-corrected chi connectivity index (χ3v) is 6.44. The number of methoxy groups -OCH3 is 1. The van der Waals surface area contributed by atoms with E-state index in [0.717, 1.165) is 0 Å². The van der Waals surface area contributed by atoms with Crippen molar-refractivity contribution in [3.63, 3.8) is 0 Å². The standard InChI is InChI=1S/C27H32F2N8O3/c1-16(2)36-23-12-17(11-18(29)26(23)33-25(36)15-28)19-7-8-30-27(31-19)32-20-13-22(37(38)39)21(14-24(20)40-6)35(5)10-9-34(3)4/h7-8,11-14,16H,9-10,15H2,1-6H3,(H,30,31,32). The zero-order chi connectivity index (χ0) is 29.1. The summed E-state index contributed by atoms with van der Waals surface area (Å²) in [4.78, 5) is 28.2. The van der Waals surface area contributed by atoms with Gasteiger partial charge in [0.25, 0.3) is 5.69 Å². The molecular formula is C27H32F2N8O3. The highest BCUT2D eigenvalue weighted by Gasteiger charge is 2.23. The molecule has 0 saturated heterocycles. The van der Waals surface area contributed by atoms with Crippen molar-refractivity contribution >= 4 is 34.0 Å². The molecule has 0 bridgehead atoms. The Morgan fingerprint density at radius 3 is 2.52 bits per heavy atom. The quantitative estimate of drug-likeness (QED) is 0.194. The van der Waals surface area contributed by atoms with Gasteiger partial charge in [0.2, 0.25) is 5.95 Å². The van der Waals surface area contributed by atoms with Crippen LogP contribution in [0.5, 0.6) is 5.75 Å². The Kier molecular flexibility index (Phi) is 8.43. The monoisotopic (exact) mass is 554 g/mol. The van der Waals surface area contributed by atoms with E-state index in [1.807, 2.05) is 32.8 Å². The maximum atomic E-state index is 15.0. The highest BCUT2D eigenvalue weighted by atomic mass is 19.1. The van der Waals surface area contributed by atoms with Crippen molar-refractivity contribution in [1.29, 1.82) is 0 Å². The van der Waals surface area contributed by atoms with E-state index in [1.165, 1.54) is 25.4 Å². The second-order valence-corrected chi connectivity index (χ2v) is 9.86. The Balaban J connectivity index is 1.72. The smallest absolute Gasteiger partial charge is 0.294 e. The van der Waals surface area contributed by atoms with Crippen molar-refractivity contribution in [2.45, 2.75) is 26.6 Å². The molecule has 11 nitrogen and oxygen atoms in total. The molecule has 0 spiro atoms. The first-order valence-corrected chi connectivity index (χ1v) is 12.6. The third kappa shape index (κ3) is 5.78. The highest BCUT2D eigenvalue weighted by Crippen LogP contribution is 2.39. The molecule has 0 unspecified atom stereocenters. The van der Waals surface area contributed by atoms with Crippen LogP contribution in [0.2, 0.25) is 0 Å². The maximum absolute atomic E-state index is 15.0. The molecule has 0 aliphatic rings. The molecule has 2 aromatic heterocycles. The molecule has 4 aromatic rings. The lowest BCUT2D eigenvalue weighted by Crippen LogP contribution is -2.28.